The lowest BCUT2D eigenvalue weighted by Gasteiger charge is -2.31. The molecular weight excluding hydrogens is 294 g/mol. The van der Waals surface area contributed by atoms with Gasteiger partial charge in [0.2, 0.25) is 5.75 Å². The molecule has 0 bridgehead atoms. The molecule has 2 aromatic rings. The lowest BCUT2D eigenvalue weighted by atomic mass is 9.91. The predicted molar refractivity (Wildman–Crippen MR) is 88.5 cm³/mol. The maximum absolute atomic E-state index is 10.4. The molecule has 122 valence electrons. The van der Waals surface area contributed by atoms with Gasteiger partial charge in [0, 0.05) is 17.7 Å². The van der Waals surface area contributed by atoms with Gasteiger partial charge in [0.25, 0.3) is 0 Å². The van der Waals surface area contributed by atoms with Crippen LogP contribution in [-0.2, 0) is 0 Å². The number of aliphatic hydroxyl groups excluding tert-OH is 1. The van der Waals surface area contributed by atoms with Crippen molar-refractivity contribution in [2.45, 2.75) is 18.6 Å². The van der Waals surface area contributed by atoms with E-state index in [1.165, 1.54) is 0 Å². The molecule has 0 saturated carbocycles. The summed E-state index contributed by atoms with van der Waals surface area (Å²) in [5.41, 5.74) is 2.86. The second kappa shape index (κ2) is 6.38. The Balaban J connectivity index is 2.00. The number of benzene rings is 2. The Morgan fingerprint density at radius 2 is 1.65 bits per heavy atom. The molecule has 5 heteroatoms. The van der Waals surface area contributed by atoms with Gasteiger partial charge in [0.1, 0.15) is 0 Å². The Kier molecular flexibility index (Phi) is 4.30. The molecule has 1 heterocycles. The van der Waals surface area contributed by atoms with Gasteiger partial charge in [-0.15, -0.1) is 0 Å². The van der Waals surface area contributed by atoms with Crippen molar-refractivity contribution in [1.82, 2.24) is 0 Å². The molecule has 2 N–H and O–H groups in total. The van der Waals surface area contributed by atoms with Crippen molar-refractivity contribution in [1.29, 1.82) is 0 Å². The number of methoxy groups -OCH3 is 3. The minimum atomic E-state index is -0.503. The number of para-hydroxylation sites is 1. The third-order valence-electron chi connectivity index (χ3n) is 4.20. The fourth-order valence-corrected chi connectivity index (χ4v) is 3.04. The van der Waals surface area contributed by atoms with E-state index < -0.39 is 6.10 Å². The first-order chi connectivity index (χ1) is 11.2. The van der Waals surface area contributed by atoms with Gasteiger partial charge in [0.05, 0.1) is 33.5 Å². The quantitative estimate of drug-likeness (QED) is 0.906. The van der Waals surface area contributed by atoms with Crippen LogP contribution < -0.4 is 19.5 Å². The van der Waals surface area contributed by atoms with Gasteiger partial charge in [-0.1, -0.05) is 18.2 Å². The van der Waals surface area contributed by atoms with E-state index in [2.05, 4.69) is 5.32 Å². The summed E-state index contributed by atoms with van der Waals surface area (Å²) in [5.74, 6) is 1.78. The molecule has 0 radical (unpaired) electrons. The molecule has 5 nitrogen and oxygen atoms in total. The van der Waals surface area contributed by atoms with Crippen molar-refractivity contribution in [3.63, 3.8) is 0 Å². The van der Waals surface area contributed by atoms with E-state index in [9.17, 15) is 5.11 Å². The van der Waals surface area contributed by atoms with Crippen LogP contribution >= 0.6 is 0 Å². The highest BCUT2D eigenvalue weighted by Crippen LogP contribution is 2.44. The van der Waals surface area contributed by atoms with Crippen molar-refractivity contribution < 1.29 is 19.3 Å². The summed E-state index contributed by atoms with van der Waals surface area (Å²) < 4.78 is 16.2. The lowest BCUT2D eigenvalue weighted by Crippen LogP contribution is -2.21. The van der Waals surface area contributed by atoms with Crippen LogP contribution in [-0.4, -0.2) is 26.4 Å². The van der Waals surface area contributed by atoms with E-state index >= 15 is 0 Å². The summed E-state index contributed by atoms with van der Waals surface area (Å²) in [7, 11) is 4.78. The second-order valence-corrected chi connectivity index (χ2v) is 5.49. The van der Waals surface area contributed by atoms with Gasteiger partial charge in [-0.25, -0.2) is 0 Å². The molecule has 1 aliphatic rings. The third-order valence-corrected chi connectivity index (χ3v) is 4.20. The minimum Gasteiger partial charge on any atom is -0.493 e. The molecule has 0 aliphatic carbocycles. The standard InChI is InChI=1S/C18H21NO4/c1-21-16-8-11(9-17(22-2)18(16)23-3)14-10-15(20)12-6-4-5-7-13(12)19-14/h4-9,14-15,19-20H,10H2,1-3H3. The normalized spacial score (nSPS) is 19.5. The summed E-state index contributed by atoms with van der Waals surface area (Å²) in [6.07, 6.45) is 0.0758. The molecule has 2 aromatic carbocycles. The molecule has 2 unspecified atom stereocenters. The molecule has 1 aliphatic heterocycles. The monoisotopic (exact) mass is 315 g/mol. The zero-order valence-corrected chi connectivity index (χ0v) is 13.5. The van der Waals surface area contributed by atoms with E-state index in [-0.39, 0.29) is 6.04 Å². The van der Waals surface area contributed by atoms with Gasteiger partial charge in [-0.2, -0.15) is 0 Å². The van der Waals surface area contributed by atoms with Gasteiger partial charge in [-0.3, -0.25) is 0 Å². The van der Waals surface area contributed by atoms with Crippen LogP contribution in [0.1, 0.15) is 29.7 Å². The highest BCUT2D eigenvalue weighted by atomic mass is 16.5. The average Bonchev–Trinajstić information content (AvgIpc) is 2.60. The Labute approximate surface area is 135 Å². The van der Waals surface area contributed by atoms with Crippen LogP contribution in [0.3, 0.4) is 0 Å². The molecule has 0 saturated heterocycles. The lowest BCUT2D eigenvalue weighted by molar-refractivity contribution is 0.156. The molecule has 2 atom stereocenters. The summed E-state index contributed by atoms with van der Waals surface area (Å²) in [4.78, 5) is 0. The van der Waals surface area contributed by atoms with Crippen LogP contribution in [0, 0.1) is 0 Å². The fraction of sp³-hybridized carbons (Fsp3) is 0.333. The first kappa shape index (κ1) is 15.5. The third kappa shape index (κ3) is 2.80. The highest BCUT2D eigenvalue weighted by molar-refractivity contribution is 5.59. The van der Waals surface area contributed by atoms with Gasteiger partial charge >= 0.3 is 0 Å². The summed E-state index contributed by atoms with van der Waals surface area (Å²) >= 11 is 0. The van der Waals surface area contributed by atoms with Crippen molar-refractivity contribution in [3.8, 4) is 17.2 Å². The fourth-order valence-electron chi connectivity index (χ4n) is 3.04. The number of hydrogen-bond acceptors (Lipinski definition) is 5. The largest absolute Gasteiger partial charge is 0.493 e. The van der Waals surface area contributed by atoms with Crippen LogP contribution in [0.5, 0.6) is 17.2 Å². The molecule has 3 rings (SSSR count). The number of hydrogen-bond donors (Lipinski definition) is 2. The predicted octanol–water partition coefficient (Wildman–Crippen LogP) is 3.30. The highest BCUT2D eigenvalue weighted by Gasteiger charge is 2.27. The number of anilines is 1. The van der Waals surface area contributed by atoms with Crippen molar-refractivity contribution in [2.75, 3.05) is 26.6 Å². The minimum absolute atomic E-state index is 0.0337. The number of nitrogens with one attached hydrogen (secondary N) is 1. The maximum atomic E-state index is 10.4. The van der Waals surface area contributed by atoms with E-state index in [0.29, 0.717) is 23.7 Å². The second-order valence-electron chi connectivity index (χ2n) is 5.49. The van der Waals surface area contributed by atoms with Crippen molar-refractivity contribution in [2.24, 2.45) is 0 Å². The topological polar surface area (TPSA) is 60.0 Å². The number of ether oxygens (including phenoxy) is 3. The number of aliphatic hydroxyl groups is 1. The van der Waals surface area contributed by atoms with E-state index in [4.69, 9.17) is 14.2 Å². The van der Waals surface area contributed by atoms with Gasteiger partial charge in [-0.05, 0) is 23.8 Å². The number of fused-ring (bicyclic) bond motifs is 1. The molecule has 23 heavy (non-hydrogen) atoms. The zero-order valence-electron chi connectivity index (χ0n) is 13.5. The van der Waals surface area contributed by atoms with Crippen LogP contribution in [0.2, 0.25) is 0 Å². The number of rotatable bonds is 4. The zero-order chi connectivity index (χ0) is 16.4. The smallest absolute Gasteiger partial charge is 0.203 e. The van der Waals surface area contributed by atoms with Crippen molar-refractivity contribution >= 4 is 5.69 Å². The molecule has 0 fully saturated rings. The molecule has 0 spiro atoms. The van der Waals surface area contributed by atoms with Gasteiger partial charge in [0.15, 0.2) is 11.5 Å². The van der Waals surface area contributed by atoms with E-state index in [0.717, 1.165) is 16.8 Å². The van der Waals surface area contributed by atoms with Crippen LogP contribution in [0.25, 0.3) is 0 Å². The molecular formula is C18H21NO4. The average molecular weight is 315 g/mol. The summed E-state index contributed by atoms with van der Waals surface area (Å²) in [6.45, 7) is 0. The van der Waals surface area contributed by atoms with E-state index in [1.807, 2.05) is 36.4 Å². The molecule has 0 aromatic heterocycles. The van der Waals surface area contributed by atoms with Crippen molar-refractivity contribution in [3.05, 3.63) is 47.5 Å². The first-order valence-electron chi connectivity index (χ1n) is 7.51. The summed E-state index contributed by atoms with van der Waals surface area (Å²) in [6, 6.07) is 11.6. The van der Waals surface area contributed by atoms with Crippen LogP contribution in [0.4, 0.5) is 5.69 Å². The Hall–Kier alpha value is -2.40. The Bertz CT molecular complexity index is 676. The molecule has 0 amide bonds. The van der Waals surface area contributed by atoms with E-state index in [1.54, 1.807) is 21.3 Å². The first-order valence-corrected chi connectivity index (χ1v) is 7.51. The Morgan fingerprint density at radius 1 is 1.00 bits per heavy atom. The Morgan fingerprint density at radius 3 is 2.26 bits per heavy atom. The SMILES string of the molecule is COc1cc(C2CC(O)c3ccccc3N2)cc(OC)c1OC. The maximum Gasteiger partial charge on any atom is 0.203 e. The van der Waals surface area contributed by atoms with Gasteiger partial charge < -0.3 is 24.6 Å². The van der Waals surface area contributed by atoms with Crippen LogP contribution in [0.15, 0.2) is 36.4 Å². The summed E-state index contributed by atoms with van der Waals surface area (Å²) in [5, 5.41) is 13.9.